The monoisotopic (exact) mass is 273 g/mol. The van der Waals surface area contributed by atoms with Crippen molar-refractivity contribution in [2.75, 3.05) is 13.7 Å². The number of halogens is 2. The highest BCUT2D eigenvalue weighted by Crippen LogP contribution is 2.49. The zero-order valence-corrected chi connectivity index (χ0v) is 10.1. The van der Waals surface area contributed by atoms with Crippen LogP contribution in [-0.4, -0.2) is 13.7 Å². The number of ether oxygens (including phenoxy) is 1. The van der Waals surface area contributed by atoms with Crippen molar-refractivity contribution in [2.45, 2.75) is 18.3 Å². The van der Waals surface area contributed by atoms with Crippen molar-refractivity contribution in [2.24, 2.45) is 5.73 Å². The van der Waals surface area contributed by atoms with Gasteiger partial charge in [-0.1, -0.05) is 15.9 Å². The zero-order valence-electron chi connectivity index (χ0n) is 8.52. The van der Waals surface area contributed by atoms with Gasteiger partial charge in [0.1, 0.15) is 0 Å². The molecule has 0 aromatic heterocycles. The van der Waals surface area contributed by atoms with E-state index in [2.05, 4.69) is 15.9 Å². The van der Waals surface area contributed by atoms with E-state index in [1.165, 1.54) is 7.11 Å². The fraction of sp³-hybridized carbons (Fsp3) is 0.455. The molecule has 1 aliphatic rings. The van der Waals surface area contributed by atoms with E-state index in [1.54, 1.807) is 12.1 Å². The second-order valence-corrected chi connectivity index (χ2v) is 4.87. The van der Waals surface area contributed by atoms with Crippen molar-refractivity contribution in [1.29, 1.82) is 0 Å². The van der Waals surface area contributed by atoms with Gasteiger partial charge in [-0.3, -0.25) is 0 Å². The fourth-order valence-electron chi connectivity index (χ4n) is 1.83. The second-order valence-electron chi connectivity index (χ2n) is 3.95. The Bertz CT molecular complexity index is 390. The minimum Gasteiger partial charge on any atom is -0.494 e. The lowest BCUT2D eigenvalue weighted by atomic mass is 9.95. The van der Waals surface area contributed by atoms with E-state index in [-0.39, 0.29) is 17.0 Å². The van der Waals surface area contributed by atoms with Gasteiger partial charge in [0, 0.05) is 22.0 Å². The van der Waals surface area contributed by atoms with Crippen LogP contribution in [0.4, 0.5) is 4.39 Å². The Balaban J connectivity index is 2.51. The van der Waals surface area contributed by atoms with Crippen molar-refractivity contribution in [3.8, 4) is 5.75 Å². The summed E-state index contributed by atoms with van der Waals surface area (Å²) >= 11 is 3.35. The SMILES string of the molecule is COc1cc(Br)cc(C2(CN)CC2)c1F. The Morgan fingerprint density at radius 3 is 2.67 bits per heavy atom. The van der Waals surface area contributed by atoms with Crippen molar-refractivity contribution in [3.05, 3.63) is 28.0 Å². The number of hydrogen-bond acceptors (Lipinski definition) is 2. The summed E-state index contributed by atoms with van der Waals surface area (Å²) in [5.74, 6) is 0.00255. The van der Waals surface area contributed by atoms with Crippen LogP contribution < -0.4 is 10.5 Å². The molecule has 0 saturated heterocycles. The number of rotatable bonds is 3. The molecule has 0 spiro atoms. The average molecular weight is 274 g/mol. The minimum absolute atomic E-state index is 0.152. The Hall–Kier alpha value is -0.610. The smallest absolute Gasteiger partial charge is 0.168 e. The van der Waals surface area contributed by atoms with Crippen LogP contribution in [0.15, 0.2) is 16.6 Å². The van der Waals surface area contributed by atoms with Gasteiger partial charge in [0.15, 0.2) is 11.6 Å². The average Bonchev–Trinajstić information content (AvgIpc) is 3.01. The number of methoxy groups -OCH3 is 1. The van der Waals surface area contributed by atoms with Gasteiger partial charge in [0.25, 0.3) is 0 Å². The van der Waals surface area contributed by atoms with Crippen LogP contribution in [0, 0.1) is 5.82 Å². The molecular weight excluding hydrogens is 261 g/mol. The molecule has 0 unspecified atom stereocenters. The first-order chi connectivity index (χ1) is 7.13. The van der Waals surface area contributed by atoms with Crippen molar-refractivity contribution < 1.29 is 9.13 Å². The summed E-state index contributed by atoms with van der Waals surface area (Å²) in [6.07, 6.45) is 1.92. The molecule has 0 heterocycles. The van der Waals surface area contributed by atoms with Gasteiger partial charge in [-0.15, -0.1) is 0 Å². The molecule has 2 nitrogen and oxygen atoms in total. The van der Waals surface area contributed by atoms with Gasteiger partial charge in [-0.25, -0.2) is 4.39 Å². The molecule has 1 aromatic rings. The third-order valence-electron chi connectivity index (χ3n) is 3.04. The third-order valence-corrected chi connectivity index (χ3v) is 3.50. The molecule has 1 fully saturated rings. The Morgan fingerprint density at radius 1 is 1.53 bits per heavy atom. The molecule has 0 radical (unpaired) electrons. The van der Waals surface area contributed by atoms with E-state index < -0.39 is 0 Å². The molecule has 0 bridgehead atoms. The maximum absolute atomic E-state index is 14.0. The molecule has 0 aliphatic heterocycles. The summed E-state index contributed by atoms with van der Waals surface area (Å²) in [6.45, 7) is 0.490. The quantitative estimate of drug-likeness (QED) is 0.919. The normalized spacial score (nSPS) is 17.6. The zero-order chi connectivity index (χ0) is 11.1. The van der Waals surface area contributed by atoms with Crippen molar-refractivity contribution >= 4 is 15.9 Å². The van der Waals surface area contributed by atoms with Gasteiger partial charge >= 0.3 is 0 Å². The van der Waals surface area contributed by atoms with Gasteiger partial charge in [0.2, 0.25) is 0 Å². The first-order valence-corrected chi connectivity index (χ1v) is 5.66. The topological polar surface area (TPSA) is 35.2 Å². The highest BCUT2D eigenvalue weighted by Gasteiger charge is 2.45. The van der Waals surface area contributed by atoms with E-state index in [4.69, 9.17) is 10.5 Å². The first-order valence-electron chi connectivity index (χ1n) is 4.86. The number of nitrogens with two attached hydrogens (primary N) is 1. The Labute approximate surface area is 96.7 Å². The molecule has 0 amide bonds. The van der Waals surface area contributed by atoms with E-state index in [0.29, 0.717) is 12.1 Å². The largest absolute Gasteiger partial charge is 0.494 e. The lowest BCUT2D eigenvalue weighted by Gasteiger charge is -2.16. The van der Waals surface area contributed by atoms with E-state index in [9.17, 15) is 4.39 Å². The summed E-state index contributed by atoms with van der Waals surface area (Å²) in [5.41, 5.74) is 6.21. The Kier molecular flexibility index (Phi) is 2.73. The molecule has 1 saturated carbocycles. The van der Waals surface area contributed by atoms with Crippen LogP contribution >= 0.6 is 15.9 Å². The summed E-state index contributed by atoms with van der Waals surface area (Å²) in [7, 11) is 1.47. The van der Waals surface area contributed by atoms with Gasteiger partial charge < -0.3 is 10.5 Å². The van der Waals surface area contributed by atoms with E-state index in [0.717, 1.165) is 17.3 Å². The predicted octanol–water partition coefficient (Wildman–Crippen LogP) is 2.59. The molecule has 2 rings (SSSR count). The molecule has 0 atom stereocenters. The summed E-state index contributed by atoms with van der Waals surface area (Å²) < 4.78 is 19.8. The molecule has 4 heteroatoms. The highest BCUT2D eigenvalue weighted by atomic mass is 79.9. The maximum Gasteiger partial charge on any atom is 0.168 e. The van der Waals surface area contributed by atoms with Crippen LogP contribution in [0.1, 0.15) is 18.4 Å². The minimum atomic E-state index is -0.274. The molecule has 2 N–H and O–H groups in total. The first kappa shape index (κ1) is 10.9. The third kappa shape index (κ3) is 1.76. The summed E-state index contributed by atoms with van der Waals surface area (Å²) in [5, 5.41) is 0. The fourth-order valence-corrected chi connectivity index (χ4v) is 2.27. The molecular formula is C11H13BrFNO. The maximum atomic E-state index is 14.0. The van der Waals surface area contributed by atoms with Gasteiger partial charge in [-0.2, -0.15) is 0 Å². The molecule has 15 heavy (non-hydrogen) atoms. The van der Waals surface area contributed by atoms with Crippen molar-refractivity contribution in [3.63, 3.8) is 0 Å². The van der Waals surface area contributed by atoms with Crippen LogP contribution in [0.5, 0.6) is 5.75 Å². The Morgan fingerprint density at radius 2 is 2.20 bits per heavy atom. The van der Waals surface area contributed by atoms with Crippen LogP contribution in [0.2, 0.25) is 0 Å². The molecule has 1 aliphatic carbocycles. The van der Waals surface area contributed by atoms with E-state index in [1.807, 2.05) is 0 Å². The van der Waals surface area contributed by atoms with Gasteiger partial charge in [-0.05, 0) is 25.0 Å². The van der Waals surface area contributed by atoms with Crippen LogP contribution in [-0.2, 0) is 5.41 Å². The summed E-state index contributed by atoms with van der Waals surface area (Å²) in [6, 6.07) is 3.43. The standard InChI is InChI=1S/C11H13BrFNO/c1-15-9-5-7(12)4-8(10(9)13)11(6-14)2-3-11/h4-5H,2-3,6,14H2,1H3. The van der Waals surface area contributed by atoms with Crippen LogP contribution in [0.3, 0.4) is 0 Å². The number of hydrogen-bond donors (Lipinski definition) is 1. The van der Waals surface area contributed by atoms with Crippen LogP contribution in [0.25, 0.3) is 0 Å². The van der Waals surface area contributed by atoms with E-state index >= 15 is 0 Å². The molecule has 82 valence electrons. The lowest BCUT2D eigenvalue weighted by Crippen LogP contribution is -2.21. The number of benzene rings is 1. The molecule has 1 aromatic carbocycles. The lowest BCUT2D eigenvalue weighted by molar-refractivity contribution is 0.381. The highest BCUT2D eigenvalue weighted by molar-refractivity contribution is 9.10. The second kappa shape index (κ2) is 3.76. The predicted molar refractivity (Wildman–Crippen MR) is 60.6 cm³/mol. The van der Waals surface area contributed by atoms with Gasteiger partial charge in [0.05, 0.1) is 7.11 Å². The van der Waals surface area contributed by atoms with Crippen molar-refractivity contribution in [1.82, 2.24) is 0 Å². The summed E-state index contributed by atoms with van der Waals surface area (Å²) in [4.78, 5) is 0.